The summed E-state index contributed by atoms with van der Waals surface area (Å²) in [5.41, 5.74) is 2.62. The van der Waals surface area contributed by atoms with Gasteiger partial charge in [-0.05, 0) is 54.9 Å². The van der Waals surface area contributed by atoms with Gasteiger partial charge in [-0.3, -0.25) is 14.5 Å². The number of thioether (sulfide) groups is 1. The molecular formula is C30H30FN3O3S. The fraction of sp³-hybridized carbons (Fsp3) is 0.267. The number of hydrogen-bond donors (Lipinski definition) is 1. The van der Waals surface area contributed by atoms with Crippen LogP contribution in [0.1, 0.15) is 27.9 Å². The molecule has 2 heterocycles. The van der Waals surface area contributed by atoms with Crippen molar-refractivity contribution in [1.29, 1.82) is 0 Å². The largest absolute Gasteiger partial charge is 0.379 e. The molecule has 38 heavy (non-hydrogen) atoms. The summed E-state index contributed by atoms with van der Waals surface area (Å²) in [6.07, 6.45) is 2.71. The number of hydrogen-bond acceptors (Lipinski definition) is 5. The van der Waals surface area contributed by atoms with Crippen LogP contribution >= 0.6 is 11.8 Å². The summed E-state index contributed by atoms with van der Waals surface area (Å²) < 4.78 is 19.7. The lowest BCUT2D eigenvalue weighted by molar-refractivity contribution is -0.114. The molecule has 3 aromatic rings. The van der Waals surface area contributed by atoms with Gasteiger partial charge in [0.2, 0.25) is 0 Å². The topological polar surface area (TPSA) is 61.9 Å². The van der Waals surface area contributed by atoms with Gasteiger partial charge in [-0.15, -0.1) is 0 Å². The Hall–Kier alpha value is -3.46. The summed E-state index contributed by atoms with van der Waals surface area (Å²) in [6, 6.07) is 21.4. The van der Waals surface area contributed by atoms with Crippen molar-refractivity contribution in [2.75, 3.05) is 44.3 Å². The van der Waals surface area contributed by atoms with Crippen LogP contribution in [0.3, 0.4) is 0 Å². The first kappa shape index (κ1) is 26.2. The van der Waals surface area contributed by atoms with Crippen LogP contribution in [0.2, 0.25) is 0 Å². The second-order valence-electron chi connectivity index (χ2n) is 9.25. The minimum Gasteiger partial charge on any atom is -0.379 e. The summed E-state index contributed by atoms with van der Waals surface area (Å²) in [5, 5.41) is 2.98. The van der Waals surface area contributed by atoms with Gasteiger partial charge in [0.05, 0.1) is 30.4 Å². The SMILES string of the molecule is O=C(NCCCN1CCOCC1)c1ccc(/C=C2\Sc3ccccc3N(Cc3ccccc3F)C2=O)cc1. The highest BCUT2D eigenvalue weighted by Crippen LogP contribution is 2.42. The Morgan fingerprint density at radius 2 is 1.74 bits per heavy atom. The molecule has 6 nitrogen and oxygen atoms in total. The van der Waals surface area contributed by atoms with E-state index in [2.05, 4.69) is 10.2 Å². The molecule has 3 aromatic carbocycles. The number of benzene rings is 3. The Bertz CT molecular complexity index is 1320. The van der Waals surface area contributed by atoms with E-state index in [9.17, 15) is 14.0 Å². The minimum atomic E-state index is -0.337. The van der Waals surface area contributed by atoms with E-state index in [1.807, 2.05) is 42.5 Å². The molecule has 8 heteroatoms. The number of carbonyl (C=O) groups is 2. The Morgan fingerprint density at radius 1 is 1.00 bits per heavy atom. The molecule has 0 aliphatic carbocycles. The van der Waals surface area contributed by atoms with Crippen LogP contribution in [-0.4, -0.2) is 56.1 Å². The maximum atomic E-state index is 14.4. The molecule has 1 fully saturated rings. The Balaban J connectivity index is 1.24. The number of halogens is 1. The summed E-state index contributed by atoms with van der Waals surface area (Å²) in [5.74, 6) is -0.630. The van der Waals surface area contributed by atoms with Gasteiger partial charge in [0.25, 0.3) is 11.8 Å². The lowest BCUT2D eigenvalue weighted by atomic mass is 10.1. The third kappa shape index (κ3) is 6.32. The Labute approximate surface area is 226 Å². The highest BCUT2D eigenvalue weighted by molar-refractivity contribution is 8.04. The van der Waals surface area contributed by atoms with Gasteiger partial charge >= 0.3 is 0 Å². The summed E-state index contributed by atoms with van der Waals surface area (Å²) in [4.78, 5) is 31.5. The van der Waals surface area contributed by atoms with E-state index in [4.69, 9.17) is 4.74 Å². The molecule has 0 atom stereocenters. The maximum absolute atomic E-state index is 14.4. The van der Waals surface area contributed by atoms with Gasteiger partial charge in [0.15, 0.2) is 0 Å². The van der Waals surface area contributed by atoms with Crippen molar-refractivity contribution < 1.29 is 18.7 Å². The smallest absolute Gasteiger partial charge is 0.265 e. The van der Waals surface area contributed by atoms with E-state index >= 15 is 0 Å². The number of morpholine rings is 1. The molecule has 2 amide bonds. The molecule has 2 aliphatic heterocycles. The number of ether oxygens (including phenoxy) is 1. The second kappa shape index (κ2) is 12.4. The van der Waals surface area contributed by atoms with Gasteiger partial charge in [0.1, 0.15) is 5.82 Å². The zero-order chi connectivity index (χ0) is 26.3. The maximum Gasteiger partial charge on any atom is 0.265 e. The average molecular weight is 532 g/mol. The zero-order valence-electron chi connectivity index (χ0n) is 21.1. The number of amides is 2. The van der Waals surface area contributed by atoms with Gasteiger partial charge in [-0.25, -0.2) is 4.39 Å². The van der Waals surface area contributed by atoms with Crippen molar-refractivity contribution in [1.82, 2.24) is 10.2 Å². The van der Waals surface area contributed by atoms with Crippen LogP contribution in [-0.2, 0) is 16.1 Å². The van der Waals surface area contributed by atoms with Gasteiger partial charge < -0.3 is 15.0 Å². The second-order valence-corrected chi connectivity index (χ2v) is 10.3. The fourth-order valence-corrected chi connectivity index (χ4v) is 5.59. The van der Waals surface area contributed by atoms with Crippen molar-refractivity contribution >= 4 is 35.3 Å². The number of nitrogens with zero attached hydrogens (tertiary/aromatic N) is 2. The molecule has 1 N–H and O–H groups in total. The third-order valence-electron chi connectivity index (χ3n) is 6.63. The van der Waals surface area contributed by atoms with Crippen molar-refractivity contribution in [2.24, 2.45) is 0 Å². The van der Waals surface area contributed by atoms with Crippen LogP contribution < -0.4 is 10.2 Å². The normalized spacial score (nSPS) is 16.9. The minimum absolute atomic E-state index is 0.112. The van der Waals surface area contributed by atoms with Crippen LogP contribution in [0.25, 0.3) is 6.08 Å². The Morgan fingerprint density at radius 3 is 2.53 bits per heavy atom. The third-order valence-corrected chi connectivity index (χ3v) is 7.71. The van der Waals surface area contributed by atoms with Crippen molar-refractivity contribution in [2.45, 2.75) is 17.9 Å². The summed E-state index contributed by atoms with van der Waals surface area (Å²) in [6.45, 7) is 5.13. The van der Waals surface area contributed by atoms with Crippen LogP contribution in [0.4, 0.5) is 10.1 Å². The quantitative estimate of drug-likeness (QED) is 0.329. The zero-order valence-corrected chi connectivity index (χ0v) is 21.9. The molecule has 2 aliphatic rings. The molecule has 0 aromatic heterocycles. The number of nitrogens with one attached hydrogen (secondary N) is 1. The molecule has 0 radical (unpaired) electrons. The predicted molar refractivity (Wildman–Crippen MR) is 149 cm³/mol. The van der Waals surface area contributed by atoms with E-state index in [-0.39, 0.29) is 24.2 Å². The molecular weight excluding hydrogens is 501 g/mol. The molecule has 0 bridgehead atoms. The Kier molecular flexibility index (Phi) is 8.53. The van der Waals surface area contributed by atoms with E-state index < -0.39 is 0 Å². The summed E-state index contributed by atoms with van der Waals surface area (Å²) in [7, 11) is 0. The van der Waals surface area contributed by atoms with E-state index in [0.29, 0.717) is 22.6 Å². The first-order valence-electron chi connectivity index (χ1n) is 12.8. The fourth-order valence-electron chi connectivity index (χ4n) is 4.53. The molecule has 5 rings (SSSR count). The van der Waals surface area contributed by atoms with E-state index in [1.165, 1.54) is 17.8 Å². The first-order chi connectivity index (χ1) is 18.6. The predicted octanol–water partition coefficient (Wildman–Crippen LogP) is 4.96. The summed E-state index contributed by atoms with van der Waals surface area (Å²) >= 11 is 1.40. The first-order valence-corrected chi connectivity index (χ1v) is 13.6. The molecule has 1 saturated heterocycles. The van der Waals surface area contributed by atoms with Gasteiger partial charge in [-0.2, -0.15) is 0 Å². The number of para-hydroxylation sites is 1. The highest BCUT2D eigenvalue weighted by Gasteiger charge is 2.29. The molecule has 196 valence electrons. The van der Waals surface area contributed by atoms with Crippen molar-refractivity contribution in [3.05, 3.63) is 100 Å². The number of fused-ring (bicyclic) bond motifs is 1. The van der Waals surface area contributed by atoms with Crippen LogP contribution in [0.15, 0.2) is 82.6 Å². The van der Waals surface area contributed by atoms with E-state index in [1.54, 1.807) is 35.2 Å². The molecule has 0 saturated carbocycles. The number of carbonyl (C=O) groups excluding carboxylic acids is 2. The van der Waals surface area contributed by atoms with Crippen LogP contribution in [0.5, 0.6) is 0 Å². The van der Waals surface area contributed by atoms with Crippen molar-refractivity contribution in [3.63, 3.8) is 0 Å². The monoisotopic (exact) mass is 531 g/mol. The average Bonchev–Trinajstić information content (AvgIpc) is 2.95. The molecule has 0 unspecified atom stereocenters. The lowest BCUT2D eigenvalue weighted by Gasteiger charge is -2.30. The van der Waals surface area contributed by atoms with Gasteiger partial charge in [0, 0.05) is 35.7 Å². The molecule has 0 spiro atoms. The standard InChI is InChI=1S/C30H30FN3O3S/c31-25-7-2-1-6-24(25)21-34-26-8-3-4-9-27(26)38-28(30(34)36)20-22-10-12-23(13-11-22)29(35)32-14-5-15-33-16-18-37-19-17-33/h1-4,6-13,20H,5,14-19,21H2,(H,32,35)/b28-20-. The van der Waals surface area contributed by atoms with Gasteiger partial charge in [-0.1, -0.05) is 54.2 Å². The highest BCUT2D eigenvalue weighted by atomic mass is 32.2. The number of rotatable bonds is 8. The number of anilines is 1. The lowest BCUT2D eigenvalue weighted by Crippen LogP contribution is -2.38. The van der Waals surface area contributed by atoms with Crippen LogP contribution in [0, 0.1) is 5.82 Å². The van der Waals surface area contributed by atoms with Crippen molar-refractivity contribution in [3.8, 4) is 0 Å². The van der Waals surface area contributed by atoms with E-state index in [0.717, 1.165) is 55.4 Å².